The van der Waals surface area contributed by atoms with E-state index in [1.165, 1.54) is 12.1 Å². The van der Waals surface area contributed by atoms with Crippen LogP contribution >= 0.6 is 0 Å². The van der Waals surface area contributed by atoms with E-state index in [1.54, 1.807) is 0 Å². The van der Waals surface area contributed by atoms with Crippen molar-refractivity contribution in [3.8, 4) is 0 Å². The topological polar surface area (TPSA) is 42.9 Å². The highest BCUT2D eigenvalue weighted by atomic mass is 19.1. The van der Waals surface area contributed by atoms with E-state index in [0.29, 0.717) is 0 Å². The summed E-state index contributed by atoms with van der Waals surface area (Å²) in [6.45, 7) is 14.7. The van der Waals surface area contributed by atoms with Crippen LogP contribution in [0.25, 0.3) is 0 Å². The molecule has 2 N–H and O–H groups in total. The maximum Gasteiger partial charge on any atom is 0.194 e. The molecule has 140 valence electrons. The van der Waals surface area contributed by atoms with Crippen LogP contribution in [-0.4, -0.2) is 62.2 Å². The van der Waals surface area contributed by atoms with Gasteiger partial charge >= 0.3 is 0 Å². The van der Waals surface area contributed by atoms with Crippen LogP contribution in [0.5, 0.6) is 0 Å². The number of guanidine groups is 1. The lowest BCUT2D eigenvalue weighted by Crippen LogP contribution is -2.52. The minimum atomic E-state index is -0.187. The van der Waals surface area contributed by atoms with Crippen LogP contribution in [0.15, 0.2) is 29.3 Å². The Hall–Kier alpha value is -1.82. The molecular weight excluding hydrogens is 317 g/mol. The molecule has 0 spiro atoms. The molecule has 1 aromatic carbocycles. The van der Waals surface area contributed by atoms with Crippen molar-refractivity contribution in [3.05, 3.63) is 30.1 Å². The first-order chi connectivity index (χ1) is 11.9. The standard InChI is InChI=1S/C19H32FN5/c1-5-21-18(22-10-11-23-19(2,3)4)25-14-12-24(13-15-25)17-8-6-16(20)7-9-17/h6-9,23H,5,10-15H2,1-4H3,(H,21,22). The summed E-state index contributed by atoms with van der Waals surface area (Å²) >= 11 is 0. The largest absolute Gasteiger partial charge is 0.368 e. The van der Waals surface area contributed by atoms with E-state index in [9.17, 15) is 4.39 Å². The van der Waals surface area contributed by atoms with Crippen molar-refractivity contribution < 1.29 is 4.39 Å². The summed E-state index contributed by atoms with van der Waals surface area (Å²) in [5.41, 5.74) is 1.20. The Morgan fingerprint density at radius 1 is 1.12 bits per heavy atom. The van der Waals surface area contributed by atoms with Crippen LogP contribution in [0, 0.1) is 5.82 Å². The molecule has 0 atom stereocenters. The zero-order valence-corrected chi connectivity index (χ0v) is 16.0. The lowest BCUT2D eigenvalue weighted by Gasteiger charge is -2.37. The van der Waals surface area contributed by atoms with Crippen molar-refractivity contribution >= 4 is 11.6 Å². The molecule has 0 unspecified atom stereocenters. The fraction of sp³-hybridized carbons (Fsp3) is 0.632. The zero-order valence-electron chi connectivity index (χ0n) is 16.0. The van der Waals surface area contributed by atoms with E-state index in [4.69, 9.17) is 4.99 Å². The molecular formula is C19H32FN5. The molecule has 6 heteroatoms. The fourth-order valence-corrected chi connectivity index (χ4v) is 2.85. The fourth-order valence-electron chi connectivity index (χ4n) is 2.85. The van der Waals surface area contributed by atoms with E-state index >= 15 is 0 Å². The Morgan fingerprint density at radius 3 is 2.32 bits per heavy atom. The third kappa shape index (κ3) is 6.53. The van der Waals surface area contributed by atoms with Crippen LogP contribution in [0.1, 0.15) is 27.7 Å². The molecule has 0 bridgehead atoms. The van der Waals surface area contributed by atoms with Gasteiger partial charge in [0.15, 0.2) is 5.96 Å². The molecule has 1 aliphatic rings. The van der Waals surface area contributed by atoms with Crippen molar-refractivity contribution in [2.45, 2.75) is 33.2 Å². The average molecular weight is 349 g/mol. The normalized spacial score (nSPS) is 16.3. The zero-order chi connectivity index (χ0) is 18.3. The Labute approximate surface area is 151 Å². The maximum absolute atomic E-state index is 13.1. The van der Waals surface area contributed by atoms with Crippen LogP contribution in [0.4, 0.5) is 10.1 Å². The Kier molecular flexibility index (Phi) is 7.05. The number of benzene rings is 1. The Balaban J connectivity index is 1.87. The lowest BCUT2D eigenvalue weighted by molar-refractivity contribution is 0.371. The number of nitrogens with one attached hydrogen (secondary N) is 2. The summed E-state index contributed by atoms with van der Waals surface area (Å²) in [5, 5.41) is 6.86. The molecule has 0 aliphatic carbocycles. The van der Waals surface area contributed by atoms with Crippen molar-refractivity contribution in [2.75, 3.05) is 50.7 Å². The van der Waals surface area contributed by atoms with E-state index < -0.39 is 0 Å². The van der Waals surface area contributed by atoms with Gasteiger partial charge in [0.25, 0.3) is 0 Å². The van der Waals surface area contributed by atoms with E-state index in [2.05, 4.69) is 48.1 Å². The molecule has 1 saturated heterocycles. The molecule has 1 aliphatic heterocycles. The summed E-state index contributed by atoms with van der Waals surface area (Å²) in [4.78, 5) is 9.35. The number of anilines is 1. The average Bonchev–Trinajstić information content (AvgIpc) is 2.58. The number of nitrogens with zero attached hydrogens (tertiary/aromatic N) is 3. The van der Waals surface area contributed by atoms with Gasteiger partial charge in [-0.3, -0.25) is 4.99 Å². The number of piperazine rings is 1. The highest BCUT2D eigenvalue weighted by molar-refractivity contribution is 5.80. The van der Waals surface area contributed by atoms with Crippen LogP contribution < -0.4 is 15.5 Å². The minimum absolute atomic E-state index is 0.120. The van der Waals surface area contributed by atoms with Gasteiger partial charge in [-0.15, -0.1) is 0 Å². The summed E-state index contributed by atoms with van der Waals surface area (Å²) in [6, 6.07) is 6.75. The predicted octanol–water partition coefficient (Wildman–Crippen LogP) is 2.30. The van der Waals surface area contributed by atoms with E-state index in [1.807, 2.05) is 12.1 Å². The summed E-state index contributed by atoms with van der Waals surface area (Å²) in [5.74, 6) is 0.796. The number of hydrogen-bond acceptors (Lipinski definition) is 3. The smallest absolute Gasteiger partial charge is 0.194 e. The third-order valence-corrected chi connectivity index (χ3v) is 4.13. The Bertz CT molecular complexity index is 542. The molecule has 1 fully saturated rings. The van der Waals surface area contributed by atoms with E-state index in [-0.39, 0.29) is 11.4 Å². The van der Waals surface area contributed by atoms with Gasteiger partial charge in [0.05, 0.1) is 6.54 Å². The number of hydrogen-bond donors (Lipinski definition) is 2. The number of halogens is 1. The summed E-state index contributed by atoms with van der Waals surface area (Å²) in [6.07, 6.45) is 0. The quantitative estimate of drug-likeness (QED) is 0.486. The maximum atomic E-state index is 13.1. The van der Waals surface area contributed by atoms with Gasteiger partial charge in [-0.2, -0.15) is 0 Å². The second kappa shape index (κ2) is 9.04. The molecule has 0 saturated carbocycles. The molecule has 5 nitrogen and oxygen atoms in total. The lowest BCUT2D eigenvalue weighted by atomic mass is 10.1. The molecule has 0 amide bonds. The second-order valence-corrected chi connectivity index (χ2v) is 7.36. The number of rotatable bonds is 5. The molecule has 0 radical (unpaired) electrons. The van der Waals surface area contributed by atoms with Crippen LogP contribution in [0.2, 0.25) is 0 Å². The van der Waals surface area contributed by atoms with Crippen molar-refractivity contribution in [1.29, 1.82) is 0 Å². The van der Waals surface area contributed by atoms with Gasteiger partial charge < -0.3 is 20.4 Å². The molecule has 25 heavy (non-hydrogen) atoms. The monoisotopic (exact) mass is 349 g/mol. The van der Waals surface area contributed by atoms with Gasteiger partial charge in [-0.05, 0) is 52.0 Å². The van der Waals surface area contributed by atoms with Crippen molar-refractivity contribution in [1.82, 2.24) is 15.5 Å². The van der Waals surface area contributed by atoms with Gasteiger partial charge in [0.2, 0.25) is 0 Å². The second-order valence-electron chi connectivity index (χ2n) is 7.36. The molecule has 1 heterocycles. The van der Waals surface area contributed by atoms with E-state index in [0.717, 1.165) is 57.5 Å². The van der Waals surface area contributed by atoms with Crippen molar-refractivity contribution in [2.24, 2.45) is 4.99 Å². The Morgan fingerprint density at radius 2 is 1.76 bits per heavy atom. The highest BCUT2D eigenvalue weighted by Gasteiger charge is 2.19. The molecule has 0 aromatic heterocycles. The van der Waals surface area contributed by atoms with Gasteiger partial charge in [0, 0.05) is 50.5 Å². The van der Waals surface area contributed by atoms with Gasteiger partial charge in [0.1, 0.15) is 5.82 Å². The third-order valence-electron chi connectivity index (χ3n) is 4.13. The summed E-state index contributed by atoms with van der Waals surface area (Å²) in [7, 11) is 0. The first-order valence-corrected chi connectivity index (χ1v) is 9.18. The van der Waals surface area contributed by atoms with Gasteiger partial charge in [-0.1, -0.05) is 0 Å². The first kappa shape index (κ1) is 19.5. The number of aliphatic imine (C=N–C) groups is 1. The minimum Gasteiger partial charge on any atom is -0.368 e. The summed E-state index contributed by atoms with van der Waals surface area (Å²) < 4.78 is 13.1. The molecule has 2 rings (SSSR count). The van der Waals surface area contributed by atoms with Crippen LogP contribution in [0.3, 0.4) is 0 Å². The highest BCUT2D eigenvalue weighted by Crippen LogP contribution is 2.16. The molecule has 1 aromatic rings. The predicted molar refractivity (Wildman–Crippen MR) is 104 cm³/mol. The van der Waals surface area contributed by atoms with Gasteiger partial charge in [-0.25, -0.2) is 4.39 Å². The SMILES string of the molecule is CCNC(=NCCNC(C)(C)C)N1CCN(c2ccc(F)cc2)CC1. The first-order valence-electron chi connectivity index (χ1n) is 9.18. The van der Waals surface area contributed by atoms with Crippen LogP contribution in [-0.2, 0) is 0 Å². The van der Waals surface area contributed by atoms with Crippen molar-refractivity contribution in [3.63, 3.8) is 0 Å².